The molecular formula is C10H9BrN2O3. The second-order valence-electron chi connectivity index (χ2n) is 3.11. The fraction of sp³-hybridized carbons (Fsp3) is 0.200. The minimum atomic E-state index is 0.0933. The molecule has 0 aliphatic carbocycles. The molecule has 0 aliphatic rings. The van der Waals surface area contributed by atoms with Gasteiger partial charge in [0.2, 0.25) is 0 Å². The number of rotatable bonds is 3. The molecule has 0 radical (unpaired) electrons. The summed E-state index contributed by atoms with van der Waals surface area (Å²) < 4.78 is 10.7. The Morgan fingerprint density at radius 3 is 3.06 bits per heavy atom. The summed E-state index contributed by atoms with van der Waals surface area (Å²) in [6.07, 6.45) is 0. The molecule has 2 rings (SSSR count). The summed E-state index contributed by atoms with van der Waals surface area (Å²) >= 11 is 3.31. The van der Waals surface area contributed by atoms with Crippen molar-refractivity contribution in [1.29, 1.82) is 0 Å². The number of nitrogens with zero attached hydrogens (tertiary/aromatic N) is 2. The summed E-state index contributed by atoms with van der Waals surface area (Å²) in [5.74, 6) is 0.804. The number of halogens is 1. The summed E-state index contributed by atoms with van der Waals surface area (Å²) in [5, 5.41) is 13.4. The molecule has 5 nitrogen and oxygen atoms in total. The van der Waals surface area contributed by atoms with E-state index in [0.717, 1.165) is 4.47 Å². The van der Waals surface area contributed by atoms with Crippen LogP contribution in [0.1, 0.15) is 5.82 Å². The molecule has 1 N–H and O–H groups in total. The maximum Gasteiger partial charge on any atom is 0.261 e. The molecule has 2 aromatic rings. The van der Waals surface area contributed by atoms with Crippen molar-refractivity contribution in [2.24, 2.45) is 0 Å². The topological polar surface area (TPSA) is 68.4 Å². The van der Waals surface area contributed by atoms with Crippen molar-refractivity contribution in [3.63, 3.8) is 0 Å². The Morgan fingerprint density at radius 2 is 2.31 bits per heavy atom. The Hall–Kier alpha value is -1.40. The highest BCUT2D eigenvalue weighted by Crippen LogP contribution is 2.30. The van der Waals surface area contributed by atoms with Gasteiger partial charge in [-0.3, -0.25) is 0 Å². The van der Waals surface area contributed by atoms with Crippen LogP contribution in [0, 0.1) is 0 Å². The van der Waals surface area contributed by atoms with Gasteiger partial charge in [-0.05, 0) is 18.2 Å². The highest BCUT2D eigenvalue weighted by molar-refractivity contribution is 9.10. The van der Waals surface area contributed by atoms with Gasteiger partial charge in [0.05, 0.1) is 5.56 Å². The van der Waals surface area contributed by atoms with E-state index in [0.29, 0.717) is 11.4 Å². The highest BCUT2D eigenvalue weighted by atomic mass is 79.9. The molecule has 84 valence electrons. The van der Waals surface area contributed by atoms with Crippen LogP contribution < -0.4 is 0 Å². The second kappa shape index (κ2) is 4.63. The van der Waals surface area contributed by atoms with Gasteiger partial charge in [-0.25, -0.2) is 0 Å². The lowest BCUT2D eigenvalue weighted by atomic mass is 10.2. The molecule has 0 unspecified atom stereocenters. The Labute approximate surface area is 100 Å². The van der Waals surface area contributed by atoms with Gasteiger partial charge in [0.25, 0.3) is 5.89 Å². The van der Waals surface area contributed by atoms with E-state index in [1.54, 1.807) is 25.3 Å². The zero-order valence-corrected chi connectivity index (χ0v) is 10.1. The van der Waals surface area contributed by atoms with E-state index < -0.39 is 0 Å². The molecule has 1 heterocycles. The van der Waals surface area contributed by atoms with Gasteiger partial charge in [-0.1, -0.05) is 21.1 Å². The van der Waals surface area contributed by atoms with Gasteiger partial charge in [-0.2, -0.15) is 4.98 Å². The number of ether oxygens (including phenoxy) is 1. The SMILES string of the molecule is COCc1noc(-c2cc(Br)ccc2O)n1. The van der Waals surface area contributed by atoms with Crippen molar-refractivity contribution in [2.45, 2.75) is 6.61 Å². The first-order valence-corrected chi connectivity index (χ1v) is 5.30. The number of phenolic OH excluding ortho intramolecular Hbond substituents is 1. The summed E-state index contributed by atoms with van der Waals surface area (Å²) in [4.78, 5) is 4.09. The average molecular weight is 285 g/mol. The van der Waals surface area contributed by atoms with Crippen molar-refractivity contribution < 1.29 is 14.4 Å². The van der Waals surface area contributed by atoms with Crippen LogP contribution in [0.15, 0.2) is 27.2 Å². The van der Waals surface area contributed by atoms with Gasteiger partial charge < -0.3 is 14.4 Å². The number of aromatic hydroxyl groups is 1. The number of aromatic nitrogens is 2. The van der Waals surface area contributed by atoms with Crippen LogP contribution in [-0.2, 0) is 11.3 Å². The largest absolute Gasteiger partial charge is 0.507 e. The minimum Gasteiger partial charge on any atom is -0.507 e. The van der Waals surface area contributed by atoms with Crippen LogP contribution in [-0.4, -0.2) is 22.4 Å². The molecule has 0 bridgehead atoms. The summed E-state index contributed by atoms with van der Waals surface area (Å²) in [6, 6.07) is 4.99. The Balaban J connectivity index is 2.38. The van der Waals surface area contributed by atoms with Crippen molar-refractivity contribution in [3.05, 3.63) is 28.5 Å². The number of hydrogen-bond acceptors (Lipinski definition) is 5. The number of hydrogen-bond donors (Lipinski definition) is 1. The lowest BCUT2D eigenvalue weighted by Crippen LogP contribution is -1.89. The van der Waals surface area contributed by atoms with Gasteiger partial charge in [0, 0.05) is 11.6 Å². The van der Waals surface area contributed by atoms with E-state index in [2.05, 4.69) is 26.1 Å². The van der Waals surface area contributed by atoms with Crippen molar-refractivity contribution in [1.82, 2.24) is 10.1 Å². The van der Waals surface area contributed by atoms with Crippen LogP contribution in [0.3, 0.4) is 0 Å². The summed E-state index contributed by atoms with van der Waals surface area (Å²) in [5.41, 5.74) is 0.490. The van der Waals surface area contributed by atoms with Crippen LogP contribution in [0.5, 0.6) is 5.75 Å². The molecule has 0 atom stereocenters. The smallest absolute Gasteiger partial charge is 0.261 e. The Kier molecular flexibility index (Phi) is 3.21. The fourth-order valence-corrected chi connectivity index (χ4v) is 1.59. The normalized spacial score (nSPS) is 10.6. The van der Waals surface area contributed by atoms with Gasteiger partial charge >= 0.3 is 0 Å². The predicted molar refractivity (Wildman–Crippen MR) is 59.8 cm³/mol. The molecule has 0 saturated heterocycles. The molecule has 16 heavy (non-hydrogen) atoms. The number of methoxy groups -OCH3 is 1. The number of phenols is 1. The third kappa shape index (κ3) is 2.23. The van der Waals surface area contributed by atoms with Gasteiger partial charge in [0.15, 0.2) is 5.82 Å². The van der Waals surface area contributed by atoms with E-state index in [4.69, 9.17) is 9.26 Å². The quantitative estimate of drug-likeness (QED) is 0.937. The minimum absolute atomic E-state index is 0.0933. The van der Waals surface area contributed by atoms with Crippen molar-refractivity contribution >= 4 is 15.9 Å². The molecule has 1 aromatic heterocycles. The predicted octanol–water partition coefficient (Wildman–Crippen LogP) is 2.35. The molecule has 0 amide bonds. The molecule has 1 aromatic carbocycles. The number of benzene rings is 1. The lowest BCUT2D eigenvalue weighted by molar-refractivity contribution is 0.174. The lowest BCUT2D eigenvalue weighted by Gasteiger charge is -1.99. The van der Waals surface area contributed by atoms with Crippen molar-refractivity contribution in [2.75, 3.05) is 7.11 Å². The van der Waals surface area contributed by atoms with E-state index >= 15 is 0 Å². The second-order valence-corrected chi connectivity index (χ2v) is 4.03. The monoisotopic (exact) mass is 284 g/mol. The van der Waals surface area contributed by atoms with Gasteiger partial charge in [-0.15, -0.1) is 0 Å². The third-order valence-electron chi connectivity index (χ3n) is 1.93. The molecular weight excluding hydrogens is 276 g/mol. The first-order valence-electron chi connectivity index (χ1n) is 4.51. The van der Waals surface area contributed by atoms with Crippen molar-refractivity contribution in [3.8, 4) is 17.2 Å². The highest BCUT2D eigenvalue weighted by Gasteiger charge is 2.12. The van der Waals surface area contributed by atoms with E-state index in [9.17, 15) is 5.11 Å². The summed E-state index contributed by atoms with van der Waals surface area (Å²) in [7, 11) is 1.55. The fourth-order valence-electron chi connectivity index (χ4n) is 1.23. The third-order valence-corrected chi connectivity index (χ3v) is 2.42. The standard InChI is InChI=1S/C10H9BrN2O3/c1-15-5-9-12-10(16-13-9)7-4-6(11)2-3-8(7)14/h2-4,14H,5H2,1H3. The Morgan fingerprint density at radius 1 is 1.50 bits per heavy atom. The van der Waals surface area contributed by atoms with Gasteiger partial charge in [0.1, 0.15) is 12.4 Å². The average Bonchev–Trinajstić information content (AvgIpc) is 2.71. The zero-order chi connectivity index (χ0) is 11.5. The van der Waals surface area contributed by atoms with Crippen LogP contribution in [0.4, 0.5) is 0 Å². The van der Waals surface area contributed by atoms with E-state index in [1.165, 1.54) is 0 Å². The molecule has 0 aliphatic heterocycles. The van der Waals surface area contributed by atoms with Crippen LogP contribution in [0.2, 0.25) is 0 Å². The first-order chi connectivity index (χ1) is 7.70. The molecule has 6 heteroatoms. The Bertz CT molecular complexity index is 499. The summed E-state index contributed by atoms with van der Waals surface area (Å²) in [6.45, 7) is 0.276. The van der Waals surface area contributed by atoms with E-state index in [1.807, 2.05) is 0 Å². The molecule has 0 fully saturated rings. The first kappa shape index (κ1) is 11.1. The zero-order valence-electron chi connectivity index (χ0n) is 8.48. The van der Waals surface area contributed by atoms with Crippen LogP contribution in [0.25, 0.3) is 11.5 Å². The maximum absolute atomic E-state index is 9.65. The maximum atomic E-state index is 9.65. The van der Waals surface area contributed by atoms with Crippen LogP contribution >= 0.6 is 15.9 Å². The van der Waals surface area contributed by atoms with E-state index in [-0.39, 0.29) is 18.2 Å². The molecule has 0 saturated carbocycles. The molecule has 0 spiro atoms.